The number of aryl methyl sites for hydroxylation is 1. The number of imidazole rings is 1. The molecule has 0 bridgehead atoms. The number of nitrogens with one attached hydrogen (secondary N) is 1. The number of fused-ring (bicyclic) bond motifs is 3. The van der Waals surface area contributed by atoms with E-state index in [2.05, 4.69) is 27.1 Å². The van der Waals surface area contributed by atoms with Gasteiger partial charge in [-0.15, -0.1) is 0 Å². The van der Waals surface area contributed by atoms with Gasteiger partial charge in [-0.3, -0.25) is 9.36 Å². The molecule has 6 rings (SSSR count). The number of hydrogen-bond donors (Lipinski definition) is 2. The largest absolute Gasteiger partial charge is 0.340 e. The molecule has 0 saturated heterocycles. The van der Waals surface area contributed by atoms with Gasteiger partial charge in [0.1, 0.15) is 11.5 Å². The highest BCUT2D eigenvalue weighted by Gasteiger charge is 2.22. The van der Waals surface area contributed by atoms with Crippen LogP contribution in [0.1, 0.15) is 41.3 Å². The minimum Gasteiger partial charge on any atom is -0.340 e. The van der Waals surface area contributed by atoms with Crippen molar-refractivity contribution in [2.24, 2.45) is 5.73 Å². The number of pyridine rings is 3. The maximum atomic E-state index is 13.0. The number of hydrogen-bond acceptors (Lipinski definition) is 5. The van der Waals surface area contributed by atoms with Crippen LogP contribution in [0.5, 0.6) is 0 Å². The average Bonchev–Trinajstić information content (AvgIpc) is 3.16. The lowest BCUT2D eigenvalue weighted by Gasteiger charge is -2.15. The summed E-state index contributed by atoms with van der Waals surface area (Å²) in [5, 5.41) is 0.910. The standard InChI is InChI=1S/C26H24N6O/c27-15-19-14-23(33)32(26-21(19)6-2-11-29-26)20-9-8-17-12-18(5-1-4-16(17)13-20)24-30-22-7-3-10-28-25(22)31-24/h2-3,6-11,13-14,18H,1,4-5,12,15,27H2,(H,28,30,31). The Morgan fingerprint density at radius 2 is 1.94 bits per heavy atom. The Balaban J connectivity index is 1.40. The van der Waals surface area contributed by atoms with Crippen LogP contribution in [-0.4, -0.2) is 24.5 Å². The van der Waals surface area contributed by atoms with Crippen molar-refractivity contribution in [1.29, 1.82) is 0 Å². The van der Waals surface area contributed by atoms with Gasteiger partial charge in [0.15, 0.2) is 5.65 Å². The first kappa shape index (κ1) is 19.8. The average molecular weight is 437 g/mol. The summed E-state index contributed by atoms with van der Waals surface area (Å²) in [6.45, 7) is 0.307. The van der Waals surface area contributed by atoms with E-state index in [1.165, 1.54) is 11.1 Å². The Hall–Kier alpha value is -3.84. The number of aromatic amines is 1. The Kier molecular flexibility index (Phi) is 4.77. The molecule has 1 aromatic carbocycles. The maximum absolute atomic E-state index is 13.0. The molecule has 1 aliphatic carbocycles. The lowest BCUT2D eigenvalue weighted by molar-refractivity contribution is 0.587. The third kappa shape index (κ3) is 3.41. The van der Waals surface area contributed by atoms with Crippen LogP contribution in [-0.2, 0) is 19.4 Å². The van der Waals surface area contributed by atoms with Gasteiger partial charge < -0.3 is 10.7 Å². The van der Waals surface area contributed by atoms with Crippen molar-refractivity contribution in [2.45, 2.75) is 38.1 Å². The van der Waals surface area contributed by atoms with Gasteiger partial charge in [-0.1, -0.05) is 6.07 Å². The molecule has 33 heavy (non-hydrogen) atoms. The third-order valence-corrected chi connectivity index (χ3v) is 6.66. The van der Waals surface area contributed by atoms with Crippen molar-refractivity contribution in [2.75, 3.05) is 0 Å². The molecule has 7 heteroatoms. The molecule has 1 aliphatic rings. The summed E-state index contributed by atoms with van der Waals surface area (Å²) in [7, 11) is 0. The number of nitrogens with two attached hydrogens (primary N) is 1. The highest BCUT2D eigenvalue weighted by Crippen LogP contribution is 2.32. The van der Waals surface area contributed by atoms with Crippen LogP contribution >= 0.6 is 0 Å². The van der Waals surface area contributed by atoms with Gasteiger partial charge in [-0.2, -0.15) is 0 Å². The molecule has 4 aromatic heterocycles. The van der Waals surface area contributed by atoms with Crippen LogP contribution in [0.2, 0.25) is 0 Å². The van der Waals surface area contributed by atoms with E-state index in [0.717, 1.165) is 59.3 Å². The number of rotatable bonds is 3. The zero-order chi connectivity index (χ0) is 22.4. The SMILES string of the molecule is NCc1cc(=O)n(-c2ccc3c(c2)CCCC(c2nc4ncccc4[nH]2)C3)c2ncccc12. The second kappa shape index (κ2) is 7.94. The van der Waals surface area contributed by atoms with Gasteiger partial charge in [0.25, 0.3) is 5.56 Å². The van der Waals surface area contributed by atoms with E-state index in [4.69, 9.17) is 10.7 Å². The highest BCUT2D eigenvalue weighted by molar-refractivity contribution is 5.80. The van der Waals surface area contributed by atoms with Crippen molar-refractivity contribution < 1.29 is 0 Å². The fourth-order valence-electron chi connectivity index (χ4n) is 5.02. The number of aromatic nitrogens is 5. The topological polar surface area (TPSA) is 102 Å². The smallest absolute Gasteiger partial charge is 0.257 e. The van der Waals surface area contributed by atoms with Crippen molar-refractivity contribution >= 4 is 22.2 Å². The molecule has 0 saturated carbocycles. The molecule has 0 radical (unpaired) electrons. The molecular weight excluding hydrogens is 412 g/mol. The molecule has 3 N–H and O–H groups in total. The summed E-state index contributed by atoms with van der Waals surface area (Å²) in [6.07, 6.45) is 7.49. The molecule has 164 valence electrons. The normalized spacial score (nSPS) is 16.1. The molecule has 0 amide bonds. The van der Waals surface area contributed by atoms with Gasteiger partial charge in [0.05, 0.1) is 11.2 Å². The first-order valence-electron chi connectivity index (χ1n) is 11.3. The van der Waals surface area contributed by atoms with Crippen molar-refractivity contribution in [3.05, 3.63) is 93.8 Å². The summed E-state index contributed by atoms with van der Waals surface area (Å²) in [4.78, 5) is 30.1. The highest BCUT2D eigenvalue weighted by atomic mass is 16.1. The van der Waals surface area contributed by atoms with E-state index in [0.29, 0.717) is 18.1 Å². The molecule has 5 aromatic rings. The van der Waals surface area contributed by atoms with Gasteiger partial charge >= 0.3 is 0 Å². The van der Waals surface area contributed by atoms with Crippen molar-refractivity contribution in [3.63, 3.8) is 0 Å². The fraction of sp³-hybridized carbons (Fsp3) is 0.231. The van der Waals surface area contributed by atoms with Gasteiger partial charge in [-0.25, -0.2) is 15.0 Å². The van der Waals surface area contributed by atoms with E-state index in [1.807, 2.05) is 30.3 Å². The summed E-state index contributed by atoms with van der Waals surface area (Å²) in [5.41, 5.74) is 12.4. The molecule has 0 aliphatic heterocycles. The lowest BCUT2D eigenvalue weighted by atomic mass is 9.96. The van der Waals surface area contributed by atoms with E-state index >= 15 is 0 Å². The molecule has 1 atom stereocenters. The van der Waals surface area contributed by atoms with Crippen LogP contribution in [0.25, 0.3) is 27.9 Å². The molecule has 0 spiro atoms. The van der Waals surface area contributed by atoms with E-state index in [9.17, 15) is 4.79 Å². The Morgan fingerprint density at radius 3 is 2.82 bits per heavy atom. The zero-order valence-corrected chi connectivity index (χ0v) is 18.2. The van der Waals surface area contributed by atoms with Gasteiger partial charge in [0.2, 0.25) is 0 Å². The number of nitrogens with zero attached hydrogens (tertiary/aromatic N) is 4. The van der Waals surface area contributed by atoms with Crippen LogP contribution in [0, 0.1) is 0 Å². The van der Waals surface area contributed by atoms with Crippen LogP contribution in [0.4, 0.5) is 0 Å². The van der Waals surface area contributed by atoms with E-state index in [-0.39, 0.29) is 5.56 Å². The summed E-state index contributed by atoms with van der Waals surface area (Å²) in [6, 6.07) is 15.7. The first-order valence-corrected chi connectivity index (χ1v) is 11.3. The molecule has 1 unspecified atom stereocenters. The summed E-state index contributed by atoms with van der Waals surface area (Å²) in [5.74, 6) is 1.32. The number of benzene rings is 1. The molecule has 0 fully saturated rings. The lowest BCUT2D eigenvalue weighted by Crippen LogP contribution is -2.21. The minimum absolute atomic E-state index is 0.108. The number of H-pyrrole nitrogens is 1. The van der Waals surface area contributed by atoms with Crippen LogP contribution in [0.15, 0.2) is 65.7 Å². The van der Waals surface area contributed by atoms with Crippen molar-refractivity contribution in [1.82, 2.24) is 24.5 Å². The first-order chi connectivity index (χ1) is 16.2. The molecule has 7 nitrogen and oxygen atoms in total. The summed E-state index contributed by atoms with van der Waals surface area (Å²) < 4.78 is 1.70. The molecular formula is C26H24N6O. The Morgan fingerprint density at radius 1 is 1.06 bits per heavy atom. The second-order valence-corrected chi connectivity index (χ2v) is 8.66. The monoisotopic (exact) mass is 436 g/mol. The predicted molar refractivity (Wildman–Crippen MR) is 129 cm³/mol. The Labute approximate surface area is 190 Å². The van der Waals surface area contributed by atoms with Gasteiger partial charge in [0, 0.05) is 36.3 Å². The minimum atomic E-state index is -0.108. The maximum Gasteiger partial charge on any atom is 0.257 e. The Bertz CT molecular complexity index is 1520. The fourth-order valence-corrected chi connectivity index (χ4v) is 5.02. The molecule has 4 heterocycles. The van der Waals surface area contributed by atoms with E-state index < -0.39 is 0 Å². The van der Waals surface area contributed by atoms with Crippen LogP contribution < -0.4 is 11.3 Å². The third-order valence-electron chi connectivity index (χ3n) is 6.66. The van der Waals surface area contributed by atoms with Crippen molar-refractivity contribution in [3.8, 4) is 5.69 Å². The predicted octanol–water partition coefficient (Wildman–Crippen LogP) is 3.78. The second-order valence-electron chi connectivity index (χ2n) is 8.66. The summed E-state index contributed by atoms with van der Waals surface area (Å²) >= 11 is 0. The quantitative estimate of drug-likeness (QED) is 0.419. The van der Waals surface area contributed by atoms with Gasteiger partial charge in [-0.05, 0) is 78.8 Å². The zero-order valence-electron chi connectivity index (χ0n) is 18.2. The van der Waals surface area contributed by atoms with Crippen LogP contribution in [0.3, 0.4) is 0 Å². The van der Waals surface area contributed by atoms with E-state index in [1.54, 1.807) is 23.0 Å².